The summed E-state index contributed by atoms with van der Waals surface area (Å²) < 4.78 is 9.74. The van der Waals surface area contributed by atoms with Gasteiger partial charge in [-0.3, -0.25) is 14.9 Å². The average Bonchev–Trinajstić information content (AvgIpc) is 3.27. The summed E-state index contributed by atoms with van der Waals surface area (Å²) in [5.74, 6) is 1.45. The summed E-state index contributed by atoms with van der Waals surface area (Å²) in [7, 11) is 1.64. The number of nitro groups is 1. The first kappa shape index (κ1) is 20.7. The van der Waals surface area contributed by atoms with E-state index >= 15 is 0 Å². The molecule has 0 unspecified atom stereocenters. The number of carbonyl (C=O) groups is 1. The number of non-ortho nitro benzene ring substituents is 1. The number of ether oxygens (including phenoxy) is 1. The zero-order valence-corrected chi connectivity index (χ0v) is 17.7. The molecular formula is C21H21N5O4S. The van der Waals surface area contributed by atoms with Gasteiger partial charge in [0.25, 0.3) is 11.6 Å². The quantitative estimate of drug-likeness (QED) is 0.430. The molecular weight excluding hydrogens is 418 g/mol. The van der Waals surface area contributed by atoms with E-state index in [9.17, 15) is 14.9 Å². The summed E-state index contributed by atoms with van der Waals surface area (Å²) in [6.45, 7) is 2.43. The van der Waals surface area contributed by atoms with Gasteiger partial charge in [-0.2, -0.15) is 4.37 Å². The van der Waals surface area contributed by atoms with Crippen molar-refractivity contribution in [1.82, 2.24) is 14.3 Å². The van der Waals surface area contributed by atoms with Crippen molar-refractivity contribution >= 4 is 28.3 Å². The fourth-order valence-corrected chi connectivity index (χ4v) is 4.16. The van der Waals surface area contributed by atoms with Crippen LogP contribution in [0.2, 0.25) is 0 Å². The minimum Gasteiger partial charge on any atom is -0.497 e. The fourth-order valence-electron chi connectivity index (χ4n) is 3.42. The molecule has 0 atom stereocenters. The first-order chi connectivity index (χ1) is 15.0. The number of carbonyl (C=O) groups excluding carboxylic acids is 1. The van der Waals surface area contributed by atoms with Crippen LogP contribution in [0.1, 0.15) is 21.7 Å². The lowest BCUT2D eigenvalue weighted by molar-refractivity contribution is -0.384. The topological polar surface area (TPSA) is 102 Å². The van der Waals surface area contributed by atoms with Crippen LogP contribution in [0.5, 0.6) is 5.75 Å². The Hall–Kier alpha value is -3.53. The zero-order chi connectivity index (χ0) is 21.8. The maximum atomic E-state index is 12.7. The molecule has 160 valence electrons. The molecule has 1 fully saturated rings. The number of methoxy groups -OCH3 is 1. The standard InChI is InChI=1S/C21H21N5O4S/c1-30-18-4-2-3-15(13-18)14-19-22-21(31-23-19)25-11-9-24(10-12-25)20(27)16-5-7-17(8-6-16)26(28)29/h2-8,13H,9-12,14H2,1H3. The third-order valence-electron chi connectivity index (χ3n) is 5.12. The highest BCUT2D eigenvalue weighted by Gasteiger charge is 2.24. The maximum absolute atomic E-state index is 12.7. The molecule has 1 aliphatic heterocycles. The molecule has 2 aromatic carbocycles. The van der Waals surface area contributed by atoms with Crippen LogP contribution in [0.3, 0.4) is 0 Å². The second kappa shape index (κ2) is 9.09. The van der Waals surface area contributed by atoms with Crippen LogP contribution in [0.25, 0.3) is 0 Å². The van der Waals surface area contributed by atoms with E-state index in [0.717, 1.165) is 22.3 Å². The summed E-state index contributed by atoms with van der Waals surface area (Å²) >= 11 is 1.36. The molecule has 4 rings (SSSR count). The van der Waals surface area contributed by atoms with Gasteiger partial charge in [-0.25, -0.2) is 4.98 Å². The number of aromatic nitrogens is 2. The molecule has 3 aromatic rings. The molecule has 0 saturated carbocycles. The molecule has 0 N–H and O–H groups in total. The molecule has 0 radical (unpaired) electrons. The van der Waals surface area contributed by atoms with Crippen LogP contribution in [0, 0.1) is 10.1 Å². The molecule has 1 amide bonds. The van der Waals surface area contributed by atoms with Crippen molar-refractivity contribution in [3.8, 4) is 5.75 Å². The van der Waals surface area contributed by atoms with E-state index in [4.69, 9.17) is 4.74 Å². The smallest absolute Gasteiger partial charge is 0.269 e. The van der Waals surface area contributed by atoms with E-state index in [1.807, 2.05) is 24.3 Å². The predicted octanol–water partition coefficient (Wildman–Crippen LogP) is 3.01. The van der Waals surface area contributed by atoms with Crippen LogP contribution in [0.4, 0.5) is 10.8 Å². The van der Waals surface area contributed by atoms with Crippen LogP contribution in [0.15, 0.2) is 48.5 Å². The SMILES string of the molecule is COc1cccc(Cc2nsc(N3CCN(C(=O)c4ccc([N+](=O)[O-])cc4)CC3)n2)c1. The molecule has 1 aromatic heterocycles. The van der Waals surface area contributed by atoms with Gasteiger partial charge >= 0.3 is 0 Å². The Morgan fingerprint density at radius 2 is 1.90 bits per heavy atom. The van der Waals surface area contributed by atoms with Crippen LogP contribution < -0.4 is 9.64 Å². The number of nitrogens with zero attached hydrogens (tertiary/aromatic N) is 5. The number of piperazine rings is 1. The molecule has 31 heavy (non-hydrogen) atoms. The van der Waals surface area contributed by atoms with Gasteiger partial charge in [0.15, 0.2) is 0 Å². The second-order valence-corrected chi connectivity index (χ2v) is 7.84. The second-order valence-electron chi connectivity index (χ2n) is 7.10. The largest absolute Gasteiger partial charge is 0.497 e. The third kappa shape index (κ3) is 4.80. The fraction of sp³-hybridized carbons (Fsp3) is 0.286. The number of benzene rings is 2. The summed E-state index contributed by atoms with van der Waals surface area (Å²) in [6.07, 6.45) is 0.631. The molecule has 0 bridgehead atoms. The van der Waals surface area contributed by atoms with Gasteiger partial charge in [0.05, 0.1) is 12.0 Å². The number of amides is 1. The maximum Gasteiger partial charge on any atom is 0.269 e. The molecule has 1 saturated heterocycles. The van der Waals surface area contributed by atoms with Crippen LogP contribution in [-0.4, -0.2) is 58.4 Å². The van der Waals surface area contributed by atoms with Crippen molar-refractivity contribution in [2.45, 2.75) is 6.42 Å². The van der Waals surface area contributed by atoms with Gasteiger partial charge in [-0.15, -0.1) is 0 Å². The summed E-state index contributed by atoms with van der Waals surface area (Å²) in [5.41, 5.74) is 1.51. The lowest BCUT2D eigenvalue weighted by Crippen LogP contribution is -2.48. The van der Waals surface area contributed by atoms with E-state index in [1.54, 1.807) is 12.0 Å². The molecule has 9 nitrogen and oxygen atoms in total. The Kier molecular flexibility index (Phi) is 6.08. The van der Waals surface area contributed by atoms with Gasteiger partial charge < -0.3 is 14.5 Å². The highest BCUT2D eigenvalue weighted by molar-refractivity contribution is 7.09. The van der Waals surface area contributed by atoms with Crippen molar-refractivity contribution in [2.75, 3.05) is 38.2 Å². The Morgan fingerprint density at radius 3 is 2.58 bits per heavy atom. The van der Waals surface area contributed by atoms with E-state index in [2.05, 4.69) is 14.3 Å². The van der Waals surface area contributed by atoms with E-state index in [-0.39, 0.29) is 11.6 Å². The van der Waals surface area contributed by atoms with E-state index in [0.29, 0.717) is 38.2 Å². The van der Waals surface area contributed by atoms with Crippen molar-refractivity contribution in [3.63, 3.8) is 0 Å². The Bertz CT molecular complexity index is 1080. The highest BCUT2D eigenvalue weighted by Crippen LogP contribution is 2.22. The minimum atomic E-state index is -0.475. The van der Waals surface area contributed by atoms with Crippen molar-refractivity contribution < 1.29 is 14.5 Å². The Morgan fingerprint density at radius 1 is 1.16 bits per heavy atom. The number of anilines is 1. The third-order valence-corrected chi connectivity index (χ3v) is 5.93. The monoisotopic (exact) mass is 439 g/mol. The number of hydrogen-bond donors (Lipinski definition) is 0. The van der Waals surface area contributed by atoms with Crippen molar-refractivity contribution in [1.29, 1.82) is 0 Å². The van der Waals surface area contributed by atoms with Crippen LogP contribution in [-0.2, 0) is 6.42 Å². The zero-order valence-electron chi connectivity index (χ0n) is 16.9. The normalized spacial score (nSPS) is 13.8. The summed E-state index contributed by atoms with van der Waals surface area (Å²) in [4.78, 5) is 31.5. The Labute approximate surface area is 183 Å². The van der Waals surface area contributed by atoms with Crippen molar-refractivity contribution in [3.05, 3.63) is 75.6 Å². The highest BCUT2D eigenvalue weighted by atomic mass is 32.1. The lowest BCUT2D eigenvalue weighted by atomic mass is 10.1. The molecule has 10 heteroatoms. The van der Waals surface area contributed by atoms with Gasteiger partial charge in [-0.1, -0.05) is 12.1 Å². The number of nitro benzene ring substituents is 1. The molecule has 1 aliphatic rings. The number of hydrogen-bond acceptors (Lipinski definition) is 8. The van der Waals surface area contributed by atoms with Crippen LogP contribution >= 0.6 is 11.5 Å². The van der Waals surface area contributed by atoms with Crippen molar-refractivity contribution in [2.24, 2.45) is 0 Å². The predicted molar refractivity (Wildman–Crippen MR) is 117 cm³/mol. The summed E-state index contributed by atoms with van der Waals surface area (Å²) in [5, 5.41) is 11.6. The van der Waals surface area contributed by atoms with Gasteiger partial charge in [0.1, 0.15) is 11.6 Å². The lowest BCUT2D eigenvalue weighted by Gasteiger charge is -2.34. The van der Waals surface area contributed by atoms with E-state index < -0.39 is 4.92 Å². The first-order valence-electron chi connectivity index (χ1n) is 9.77. The molecule has 2 heterocycles. The molecule has 0 aliphatic carbocycles. The van der Waals surface area contributed by atoms with Gasteiger partial charge in [0, 0.05) is 61.8 Å². The number of rotatable bonds is 6. The van der Waals surface area contributed by atoms with Gasteiger partial charge in [-0.05, 0) is 29.8 Å². The minimum absolute atomic E-state index is 0.0256. The Balaban J connectivity index is 1.34. The first-order valence-corrected chi connectivity index (χ1v) is 10.5. The molecule has 0 spiro atoms. The summed E-state index contributed by atoms with van der Waals surface area (Å²) in [6, 6.07) is 13.6. The average molecular weight is 439 g/mol. The van der Waals surface area contributed by atoms with E-state index in [1.165, 1.54) is 35.8 Å². The van der Waals surface area contributed by atoms with Gasteiger partial charge in [0.2, 0.25) is 5.13 Å².